The molecule has 2 rings (SSSR count). The van der Waals surface area contributed by atoms with E-state index in [-0.39, 0.29) is 0 Å². The van der Waals surface area contributed by atoms with Gasteiger partial charge in [-0.25, -0.2) is 4.68 Å². The maximum Gasteiger partial charge on any atom is 0.101 e. The van der Waals surface area contributed by atoms with Gasteiger partial charge in [0.15, 0.2) is 0 Å². The van der Waals surface area contributed by atoms with Gasteiger partial charge in [-0.1, -0.05) is 13.0 Å². The van der Waals surface area contributed by atoms with E-state index in [0.717, 1.165) is 30.0 Å². The molecule has 0 atom stereocenters. The molecule has 0 spiro atoms. The van der Waals surface area contributed by atoms with Gasteiger partial charge < -0.3 is 5.32 Å². The Morgan fingerprint density at radius 3 is 2.83 bits per heavy atom. The zero-order chi connectivity index (χ0) is 13.0. The lowest BCUT2D eigenvalue weighted by Crippen LogP contribution is -2.12. The molecule has 0 unspecified atom stereocenters. The normalized spacial score (nSPS) is 10.3. The molecule has 0 aliphatic heterocycles. The van der Waals surface area contributed by atoms with Crippen LogP contribution in [0.3, 0.4) is 0 Å². The van der Waals surface area contributed by atoms with Crippen LogP contribution in [0.15, 0.2) is 30.5 Å². The van der Waals surface area contributed by atoms with Crippen molar-refractivity contribution in [2.75, 3.05) is 6.54 Å². The number of hydrogen-bond acceptors (Lipinski definition) is 3. The van der Waals surface area contributed by atoms with Crippen molar-refractivity contribution in [3.8, 4) is 11.8 Å². The van der Waals surface area contributed by atoms with E-state index >= 15 is 0 Å². The van der Waals surface area contributed by atoms with Gasteiger partial charge in [-0.15, -0.1) is 0 Å². The lowest BCUT2D eigenvalue weighted by Gasteiger charge is -2.07. The fourth-order valence-electron chi connectivity index (χ4n) is 1.80. The summed E-state index contributed by atoms with van der Waals surface area (Å²) in [4.78, 5) is 0. The van der Waals surface area contributed by atoms with Gasteiger partial charge in [0.05, 0.1) is 16.9 Å². The Balaban J connectivity index is 2.35. The quantitative estimate of drug-likeness (QED) is 0.891. The molecule has 4 nitrogen and oxygen atoms in total. The summed E-state index contributed by atoms with van der Waals surface area (Å²) in [5.74, 6) is 0. The lowest BCUT2D eigenvalue weighted by atomic mass is 10.1. The van der Waals surface area contributed by atoms with Crippen LogP contribution in [0.1, 0.15) is 23.7 Å². The Morgan fingerprint density at radius 2 is 2.22 bits per heavy atom. The second kappa shape index (κ2) is 5.48. The zero-order valence-electron chi connectivity index (χ0n) is 10.6. The fraction of sp³-hybridized carbons (Fsp3) is 0.286. The third-order valence-electron chi connectivity index (χ3n) is 2.73. The predicted molar refractivity (Wildman–Crippen MR) is 70.4 cm³/mol. The van der Waals surface area contributed by atoms with Crippen molar-refractivity contribution >= 4 is 0 Å². The van der Waals surface area contributed by atoms with Crippen molar-refractivity contribution in [3.05, 3.63) is 47.3 Å². The first-order valence-electron chi connectivity index (χ1n) is 6.01. The minimum atomic E-state index is 0.647. The van der Waals surface area contributed by atoms with E-state index < -0.39 is 0 Å². The fourth-order valence-corrected chi connectivity index (χ4v) is 1.80. The summed E-state index contributed by atoms with van der Waals surface area (Å²) >= 11 is 0. The summed E-state index contributed by atoms with van der Waals surface area (Å²) in [7, 11) is 0. The molecule has 0 saturated heterocycles. The summed E-state index contributed by atoms with van der Waals surface area (Å²) in [5, 5.41) is 16.8. The molecule has 0 aliphatic rings. The van der Waals surface area contributed by atoms with Crippen LogP contribution in [0.4, 0.5) is 0 Å². The molecule has 1 heterocycles. The SMILES string of the molecule is CCNCc1ccc(-n2ccc(C)n2)c(C#N)c1. The molecule has 18 heavy (non-hydrogen) atoms. The van der Waals surface area contributed by atoms with Gasteiger partial charge >= 0.3 is 0 Å². The molecule has 0 aliphatic carbocycles. The van der Waals surface area contributed by atoms with Crippen molar-refractivity contribution in [3.63, 3.8) is 0 Å². The van der Waals surface area contributed by atoms with Gasteiger partial charge in [-0.2, -0.15) is 10.4 Å². The van der Waals surface area contributed by atoms with Crippen LogP contribution in [0, 0.1) is 18.3 Å². The average Bonchev–Trinajstić information content (AvgIpc) is 2.82. The van der Waals surface area contributed by atoms with Crippen molar-refractivity contribution in [1.82, 2.24) is 15.1 Å². The van der Waals surface area contributed by atoms with Gasteiger partial charge in [0.2, 0.25) is 0 Å². The van der Waals surface area contributed by atoms with E-state index in [1.165, 1.54) is 0 Å². The number of aryl methyl sites for hydroxylation is 1. The van der Waals surface area contributed by atoms with E-state index in [4.69, 9.17) is 0 Å². The molecular formula is C14H16N4. The number of benzene rings is 1. The Morgan fingerprint density at radius 1 is 1.39 bits per heavy atom. The minimum absolute atomic E-state index is 0.647. The molecule has 92 valence electrons. The van der Waals surface area contributed by atoms with E-state index in [1.54, 1.807) is 4.68 Å². The van der Waals surface area contributed by atoms with Gasteiger partial charge in [0, 0.05) is 12.7 Å². The Kier molecular flexibility index (Phi) is 3.75. The van der Waals surface area contributed by atoms with Crippen molar-refractivity contribution in [2.24, 2.45) is 0 Å². The highest BCUT2D eigenvalue weighted by molar-refractivity contribution is 5.50. The molecule has 0 amide bonds. The Hall–Kier alpha value is -2.12. The monoisotopic (exact) mass is 240 g/mol. The number of hydrogen-bond donors (Lipinski definition) is 1. The first-order chi connectivity index (χ1) is 8.74. The smallest absolute Gasteiger partial charge is 0.101 e. The number of nitrogens with zero attached hydrogens (tertiary/aromatic N) is 3. The third kappa shape index (κ3) is 2.58. The Labute approximate surface area is 107 Å². The number of nitrogens with one attached hydrogen (secondary N) is 1. The molecule has 2 aromatic rings. The molecule has 1 aromatic carbocycles. The van der Waals surface area contributed by atoms with Gasteiger partial charge in [0.25, 0.3) is 0 Å². The van der Waals surface area contributed by atoms with Crippen LogP contribution in [0.5, 0.6) is 0 Å². The summed E-state index contributed by atoms with van der Waals surface area (Å²) in [6, 6.07) is 10.0. The largest absolute Gasteiger partial charge is 0.313 e. The van der Waals surface area contributed by atoms with E-state index in [9.17, 15) is 5.26 Å². The molecule has 0 fully saturated rings. The van der Waals surface area contributed by atoms with Gasteiger partial charge in [-0.3, -0.25) is 0 Å². The summed E-state index contributed by atoms with van der Waals surface area (Å²) in [6.07, 6.45) is 1.87. The van der Waals surface area contributed by atoms with Gasteiger partial charge in [-0.05, 0) is 37.2 Å². The molecule has 0 bridgehead atoms. The standard InChI is InChI=1S/C14H16N4/c1-3-16-10-12-4-5-14(13(8-12)9-15)18-7-6-11(2)17-18/h4-8,16H,3,10H2,1-2H3. The first-order valence-corrected chi connectivity index (χ1v) is 6.01. The first kappa shape index (κ1) is 12.3. The maximum atomic E-state index is 9.22. The zero-order valence-corrected chi connectivity index (χ0v) is 10.6. The lowest BCUT2D eigenvalue weighted by molar-refractivity contribution is 0.726. The number of aromatic nitrogens is 2. The molecule has 4 heteroatoms. The number of nitriles is 1. The minimum Gasteiger partial charge on any atom is -0.313 e. The second-order valence-corrected chi connectivity index (χ2v) is 4.15. The topological polar surface area (TPSA) is 53.6 Å². The molecule has 1 N–H and O–H groups in total. The summed E-state index contributed by atoms with van der Waals surface area (Å²) < 4.78 is 1.74. The van der Waals surface area contributed by atoms with Gasteiger partial charge in [0.1, 0.15) is 6.07 Å². The maximum absolute atomic E-state index is 9.22. The van der Waals surface area contributed by atoms with Crippen LogP contribution in [-0.4, -0.2) is 16.3 Å². The highest BCUT2D eigenvalue weighted by atomic mass is 15.3. The molecular weight excluding hydrogens is 224 g/mol. The third-order valence-corrected chi connectivity index (χ3v) is 2.73. The highest BCUT2D eigenvalue weighted by Crippen LogP contribution is 2.15. The predicted octanol–water partition coefficient (Wildman–Crippen LogP) is 2.16. The van der Waals surface area contributed by atoms with Crippen LogP contribution in [0.2, 0.25) is 0 Å². The summed E-state index contributed by atoms with van der Waals surface area (Å²) in [5.41, 5.74) is 3.52. The van der Waals surface area contributed by atoms with Crippen LogP contribution in [-0.2, 0) is 6.54 Å². The average molecular weight is 240 g/mol. The van der Waals surface area contributed by atoms with Crippen molar-refractivity contribution < 1.29 is 0 Å². The number of rotatable bonds is 4. The van der Waals surface area contributed by atoms with Crippen molar-refractivity contribution in [1.29, 1.82) is 5.26 Å². The van der Waals surface area contributed by atoms with Crippen LogP contribution < -0.4 is 5.32 Å². The van der Waals surface area contributed by atoms with E-state index in [2.05, 4.69) is 23.4 Å². The summed E-state index contributed by atoms with van der Waals surface area (Å²) in [6.45, 7) is 5.69. The highest BCUT2D eigenvalue weighted by Gasteiger charge is 2.06. The molecule has 0 saturated carbocycles. The molecule has 1 aromatic heterocycles. The van der Waals surface area contributed by atoms with E-state index in [1.807, 2.05) is 37.4 Å². The van der Waals surface area contributed by atoms with Crippen molar-refractivity contribution in [2.45, 2.75) is 20.4 Å². The van der Waals surface area contributed by atoms with E-state index in [0.29, 0.717) is 5.56 Å². The molecule has 0 radical (unpaired) electrons. The van der Waals surface area contributed by atoms with Crippen LogP contribution >= 0.6 is 0 Å². The second-order valence-electron chi connectivity index (χ2n) is 4.15. The Bertz CT molecular complexity index is 578. The van der Waals surface area contributed by atoms with Crippen LogP contribution in [0.25, 0.3) is 5.69 Å².